The Morgan fingerprint density at radius 2 is 1.90 bits per heavy atom. The molecular weight excluding hydrogens is 295 g/mol. The summed E-state index contributed by atoms with van der Waals surface area (Å²) in [6.07, 6.45) is -4.04. The van der Waals surface area contributed by atoms with Crippen molar-refractivity contribution in [1.82, 2.24) is 4.31 Å². The summed E-state index contributed by atoms with van der Waals surface area (Å²) in [5.74, 6) is 0. The average Bonchev–Trinajstić information content (AvgIpc) is 2.67. The van der Waals surface area contributed by atoms with Gasteiger partial charge in [0.25, 0.3) is 0 Å². The first-order chi connectivity index (χ1) is 9.32. The van der Waals surface area contributed by atoms with E-state index in [1.165, 1.54) is 6.07 Å². The minimum atomic E-state index is -4.56. The van der Waals surface area contributed by atoms with E-state index in [0.717, 1.165) is 16.4 Å². The van der Waals surface area contributed by atoms with Gasteiger partial charge in [-0.25, -0.2) is 8.42 Å². The van der Waals surface area contributed by atoms with E-state index in [0.29, 0.717) is 19.1 Å². The highest BCUT2D eigenvalue weighted by Gasteiger charge is 2.33. The minimum absolute atomic E-state index is 0.151. The fraction of sp³-hybridized carbons (Fsp3) is 0.500. The number of sulfonamides is 1. The maximum atomic E-state index is 12.6. The number of rotatable bonds is 2. The van der Waals surface area contributed by atoms with E-state index in [4.69, 9.17) is 4.74 Å². The summed E-state index contributed by atoms with van der Waals surface area (Å²) in [6, 6.07) is 3.80. The molecule has 0 amide bonds. The summed E-state index contributed by atoms with van der Waals surface area (Å²) in [7, 11) is -3.91. The standard InChI is InChI=1S/C12H14F3NO3S/c13-12(14,15)10-3-1-4-11(9-10)20(17,18)16-5-2-7-19-8-6-16/h1,3-4,9H,2,5-8H2. The van der Waals surface area contributed by atoms with E-state index in [9.17, 15) is 21.6 Å². The number of nitrogens with zero attached hydrogens (tertiary/aromatic N) is 1. The van der Waals surface area contributed by atoms with Gasteiger partial charge in [0.15, 0.2) is 0 Å². The quantitative estimate of drug-likeness (QED) is 0.840. The molecule has 20 heavy (non-hydrogen) atoms. The molecule has 0 atom stereocenters. The molecule has 0 spiro atoms. The second-order valence-corrected chi connectivity index (χ2v) is 6.33. The van der Waals surface area contributed by atoms with Gasteiger partial charge in [0, 0.05) is 19.7 Å². The second kappa shape index (κ2) is 5.71. The highest BCUT2D eigenvalue weighted by Crippen LogP contribution is 2.31. The molecule has 112 valence electrons. The van der Waals surface area contributed by atoms with Crippen molar-refractivity contribution in [1.29, 1.82) is 0 Å². The molecule has 1 aliphatic rings. The smallest absolute Gasteiger partial charge is 0.380 e. The molecular formula is C12H14F3NO3S. The van der Waals surface area contributed by atoms with Crippen LogP contribution in [0, 0.1) is 0 Å². The number of hydrogen-bond acceptors (Lipinski definition) is 3. The molecule has 4 nitrogen and oxygen atoms in total. The van der Waals surface area contributed by atoms with E-state index in [1.807, 2.05) is 0 Å². The normalized spacial score (nSPS) is 18.8. The lowest BCUT2D eigenvalue weighted by atomic mass is 10.2. The van der Waals surface area contributed by atoms with E-state index in [-0.39, 0.29) is 24.6 Å². The molecule has 8 heteroatoms. The molecule has 0 aromatic heterocycles. The fourth-order valence-corrected chi connectivity index (χ4v) is 3.45. The summed E-state index contributed by atoms with van der Waals surface area (Å²) in [5.41, 5.74) is -0.968. The lowest BCUT2D eigenvalue weighted by molar-refractivity contribution is -0.137. The zero-order chi connectivity index (χ0) is 14.8. The number of benzene rings is 1. The van der Waals surface area contributed by atoms with E-state index in [1.54, 1.807) is 0 Å². The van der Waals surface area contributed by atoms with Gasteiger partial charge in [0.05, 0.1) is 17.1 Å². The highest BCUT2D eigenvalue weighted by molar-refractivity contribution is 7.89. The first kappa shape index (κ1) is 15.3. The Morgan fingerprint density at radius 3 is 2.60 bits per heavy atom. The van der Waals surface area contributed by atoms with Crippen molar-refractivity contribution >= 4 is 10.0 Å². The van der Waals surface area contributed by atoms with Crippen LogP contribution in [0.1, 0.15) is 12.0 Å². The predicted molar refractivity (Wildman–Crippen MR) is 65.6 cm³/mol. The largest absolute Gasteiger partial charge is 0.416 e. The van der Waals surface area contributed by atoms with Crippen LogP contribution in [0.2, 0.25) is 0 Å². The zero-order valence-corrected chi connectivity index (χ0v) is 11.4. The van der Waals surface area contributed by atoms with Crippen LogP contribution in [0.5, 0.6) is 0 Å². The molecule has 0 N–H and O–H groups in total. The van der Waals surface area contributed by atoms with Gasteiger partial charge in [-0.05, 0) is 24.6 Å². The molecule has 1 aliphatic heterocycles. The first-order valence-corrected chi connectivity index (χ1v) is 7.51. The van der Waals surface area contributed by atoms with Crippen molar-refractivity contribution in [2.24, 2.45) is 0 Å². The molecule has 1 aromatic rings. The predicted octanol–water partition coefficient (Wildman–Crippen LogP) is 2.12. The summed E-state index contributed by atoms with van der Waals surface area (Å²) in [6.45, 7) is 1.10. The fourth-order valence-electron chi connectivity index (χ4n) is 1.95. The Hall–Kier alpha value is -1.12. The van der Waals surface area contributed by atoms with Crippen molar-refractivity contribution in [3.8, 4) is 0 Å². The Bertz CT molecular complexity index is 564. The third kappa shape index (κ3) is 3.31. The summed E-state index contributed by atoms with van der Waals surface area (Å²) in [5, 5.41) is 0. The maximum Gasteiger partial charge on any atom is 0.416 e. The Balaban J connectivity index is 2.34. The molecule has 0 saturated carbocycles. The molecule has 1 aromatic carbocycles. The molecule has 1 fully saturated rings. The van der Waals surface area contributed by atoms with Crippen LogP contribution in [0.15, 0.2) is 29.2 Å². The topological polar surface area (TPSA) is 46.6 Å². The minimum Gasteiger partial charge on any atom is -0.380 e. The Morgan fingerprint density at radius 1 is 1.15 bits per heavy atom. The Labute approximate surface area is 115 Å². The summed E-state index contributed by atoms with van der Waals surface area (Å²) >= 11 is 0. The second-order valence-electron chi connectivity index (χ2n) is 4.40. The SMILES string of the molecule is O=S(=O)(c1cccc(C(F)(F)F)c1)N1CCCOCC1. The molecule has 1 saturated heterocycles. The van der Waals surface area contributed by atoms with Gasteiger partial charge in [0.2, 0.25) is 10.0 Å². The molecule has 0 radical (unpaired) electrons. The van der Waals surface area contributed by atoms with E-state index < -0.39 is 21.8 Å². The van der Waals surface area contributed by atoms with Crippen LogP contribution >= 0.6 is 0 Å². The van der Waals surface area contributed by atoms with E-state index >= 15 is 0 Å². The number of ether oxygens (including phenoxy) is 1. The highest BCUT2D eigenvalue weighted by atomic mass is 32.2. The van der Waals surface area contributed by atoms with Crippen LogP contribution < -0.4 is 0 Å². The van der Waals surface area contributed by atoms with Crippen molar-refractivity contribution in [2.45, 2.75) is 17.5 Å². The first-order valence-electron chi connectivity index (χ1n) is 6.07. The van der Waals surface area contributed by atoms with Crippen LogP contribution in [0.3, 0.4) is 0 Å². The van der Waals surface area contributed by atoms with E-state index in [2.05, 4.69) is 0 Å². The molecule has 0 aliphatic carbocycles. The van der Waals surface area contributed by atoms with Crippen LogP contribution in [-0.4, -0.2) is 39.0 Å². The average molecular weight is 309 g/mol. The summed E-state index contributed by atoms with van der Waals surface area (Å²) < 4.78 is 68.9. The number of halogens is 3. The monoisotopic (exact) mass is 309 g/mol. The molecule has 1 heterocycles. The van der Waals surface area contributed by atoms with Crippen molar-refractivity contribution in [3.63, 3.8) is 0 Å². The van der Waals surface area contributed by atoms with Gasteiger partial charge in [0.1, 0.15) is 0 Å². The third-order valence-electron chi connectivity index (χ3n) is 2.98. The van der Waals surface area contributed by atoms with Crippen LogP contribution in [-0.2, 0) is 20.9 Å². The van der Waals surface area contributed by atoms with Crippen molar-refractivity contribution < 1.29 is 26.3 Å². The molecule has 2 rings (SSSR count). The van der Waals surface area contributed by atoms with Gasteiger partial charge in [-0.15, -0.1) is 0 Å². The Kier molecular flexibility index (Phi) is 4.36. The molecule has 0 bridgehead atoms. The number of hydrogen-bond donors (Lipinski definition) is 0. The van der Waals surface area contributed by atoms with Crippen LogP contribution in [0.25, 0.3) is 0 Å². The summed E-state index contributed by atoms with van der Waals surface area (Å²) in [4.78, 5) is -0.339. The van der Waals surface area contributed by atoms with Gasteiger partial charge in [-0.2, -0.15) is 17.5 Å². The van der Waals surface area contributed by atoms with Crippen molar-refractivity contribution in [3.05, 3.63) is 29.8 Å². The van der Waals surface area contributed by atoms with Gasteiger partial charge in [-0.1, -0.05) is 6.07 Å². The lowest BCUT2D eigenvalue weighted by Gasteiger charge is -2.19. The zero-order valence-electron chi connectivity index (χ0n) is 10.6. The lowest BCUT2D eigenvalue weighted by Crippen LogP contribution is -2.33. The van der Waals surface area contributed by atoms with Gasteiger partial charge in [-0.3, -0.25) is 0 Å². The van der Waals surface area contributed by atoms with Crippen LogP contribution in [0.4, 0.5) is 13.2 Å². The van der Waals surface area contributed by atoms with Crippen molar-refractivity contribution in [2.75, 3.05) is 26.3 Å². The number of alkyl halides is 3. The third-order valence-corrected chi connectivity index (χ3v) is 4.87. The maximum absolute atomic E-state index is 12.6. The van der Waals surface area contributed by atoms with Gasteiger partial charge < -0.3 is 4.74 Å². The van der Waals surface area contributed by atoms with Gasteiger partial charge >= 0.3 is 6.18 Å². The molecule has 0 unspecified atom stereocenters.